The summed E-state index contributed by atoms with van der Waals surface area (Å²) >= 11 is 0. The van der Waals surface area contributed by atoms with Gasteiger partial charge in [0.2, 0.25) is 6.41 Å². The molecule has 0 fully saturated rings. The molecule has 1 aromatic carbocycles. The van der Waals surface area contributed by atoms with Crippen molar-refractivity contribution in [2.24, 2.45) is 5.92 Å². The summed E-state index contributed by atoms with van der Waals surface area (Å²) in [6, 6.07) is 7.73. The maximum Gasteiger partial charge on any atom is 0.211 e. The second-order valence-corrected chi connectivity index (χ2v) is 4.59. The van der Waals surface area contributed by atoms with Crippen molar-refractivity contribution in [3.63, 3.8) is 0 Å². The Morgan fingerprint density at radius 1 is 1.44 bits per heavy atom. The number of aryl methyl sites for hydroxylation is 1. The van der Waals surface area contributed by atoms with Crippen molar-refractivity contribution in [2.75, 3.05) is 5.32 Å². The lowest BCUT2D eigenvalue weighted by Crippen LogP contribution is -2.09. The number of hydrogen-bond acceptors (Lipinski definition) is 2. The molecule has 1 N–H and O–H groups in total. The van der Waals surface area contributed by atoms with Crippen molar-refractivity contribution in [2.45, 2.75) is 39.5 Å². The largest absolute Gasteiger partial charge is 0.329 e. The van der Waals surface area contributed by atoms with Gasteiger partial charge in [0.1, 0.15) is 5.78 Å². The molecule has 1 amide bonds. The third-order valence-corrected chi connectivity index (χ3v) is 3.20. The lowest BCUT2D eigenvalue weighted by atomic mass is 9.98. The molecule has 1 unspecified atom stereocenters. The van der Waals surface area contributed by atoms with Crippen molar-refractivity contribution >= 4 is 17.9 Å². The molecular weight excluding hydrogens is 226 g/mol. The number of carbonyl (C=O) groups is 2. The van der Waals surface area contributed by atoms with Crippen molar-refractivity contribution in [3.05, 3.63) is 29.8 Å². The predicted octanol–water partition coefficient (Wildman–Crippen LogP) is 3.19. The number of ketones is 1. The normalized spacial score (nSPS) is 11.9. The summed E-state index contributed by atoms with van der Waals surface area (Å²) in [6.07, 6.45) is 3.97. The molecule has 98 valence electrons. The van der Waals surface area contributed by atoms with E-state index in [0.717, 1.165) is 30.5 Å². The molecule has 3 heteroatoms. The molecule has 0 aliphatic heterocycles. The lowest BCUT2D eigenvalue weighted by Gasteiger charge is -2.07. The first-order valence-electron chi connectivity index (χ1n) is 6.49. The number of rotatable bonds is 8. The standard InChI is InChI=1S/C15H21NO2/c1-3-12(2)15(18)9-5-7-13-6-4-8-14(10-13)16-11-17/h4,6,8,10-12H,3,5,7,9H2,1-2H3,(H,16,17). The van der Waals surface area contributed by atoms with E-state index >= 15 is 0 Å². The van der Waals surface area contributed by atoms with Gasteiger partial charge < -0.3 is 5.32 Å². The first kappa shape index (κ1) is 14.4. The lowest BCUT2D eigenvalue weighted by molar-refractivity contribution is -0.122. The minimum atomic E-state index is 0.174. The predicted molar refractivity (Wildman–Crippen MR) is 73.5 cm³/mol. The van der Waals surface area contributed by atoms with Gasteiger partial charge in [-0.15, -0.1) is 0 Å². The van der Waals surface area contributed by atoms with Crippen LogP contribution in [0.5, 0.6) is 0 Å². The van der Waals surface area contributed by atoms with Crippen LogP contribution >= 0.6 is 0 Å². The Kier molecular flexibility index (Phi) is 6.12. The van der Waals surface area contributed by atoms with E-state index in [1.54, 1.807) is 0 Å². The number of carbonyl (C=O) groups excluding carboxylic acids is 2. The van der Waals surface area contributed by atoms with E-state index in [1.807, 2.05) is 38.1 Å². The number of hydrogen-bond donors (Lipinski definition) is 1. The number of anilines is 1. The second-order valence-electron chi connectivity index (χ2n) is 4.59. The Labute approximate surface area is 109 Å². The van der Waals surface area contributed by atoms with Gasteiger partial charge in [0.25, 0.3) is 0 Å². The van der Waals surface area contributed by atoms with E-state index in [1.165, 1.54) is 0 Å². The minimum absolute atomic E-state index is 0.174. The van der Waals surface area contributed by atoms with Crippen LogP contribution in [0.15, 0.2) is 24.3 Å². The van der Waals surface area contributed by atoms with Crippen LogP contribution in [0, 0.1) is 5.92 Å². The Bertz CT molecular complexity index is 401. The smallest absolute Gasteiger partial charge is 0.211 e. The van der Waals surface area contributed by atoms with Crippen LogP contribution in [0.3, 0.4) is 0 Å². The van der Waals surface area contributed by atoms with Gasteiger partial charge in [-0.25, -0.2) is 0 Å². The average molecular weight is 247 g/mol. The fraction of sp³-hybridized carbons (Fsp3) is 0.467. The van der Waals surface area contributed by atoms with Crippen molar-refractivity contribution in [1.82, 2.24) is 0 Å². The third-order valence-electron chi connectivity index (χ3n) is 3.20. The van der Waals surface area contributed by atoms with E-state index in [4.69, 9.17) is 0 Å². The van der Waals surface area contributed by atoms with Gasteiger partial charge in [-0.3, -0.25) is 9.59 Å². The molecule has 1 rings (SSSR count). The van der Waals surface area contributed by atoms with Crippen molar-refractivity contribution in [3.8, 4) is 0 Å². The molecule has 0 heterocycles. The molecule has 1 aromatic rings. The summed E-state index contributed by atoms with van der Waals surface area (Å²) in [4.78, 5) is 22.0. The number of amides is 1. The Morgan fingerprint density at radius 2 is 2.22 bits per heavy atom. The molecule has 1 atom stereocenters. The first-order chi connectivity index (χ1) is 8.67. The van der Waals surface area contributed by atoms with Crippen LogP contribution in [-0.4, -0.2) is 12.2 Å². The fourth-order valence-electron chi connectivity index (χ4n) is 1.83. The zero-order chi connectivity index (χ0) is 13.4. The second kappa shape index (κ2) is 7.64. The highest BCUT2D eigenvalue weighted by Crippen LogP contribution is 2.14. The van der Waals surface area contributed by atoms with Crippen molar-refractivity contribution < 1.29 is 9.59 Å². The zero-order valence-electron chi connectivity index (χ0n) is 11.1. The van der Waals surface area contributed by atoms with Gasteiger partial charge in [0, 0.05) is 18.0 Å². The molecular formula is C15H21NO2. The molecule has 3 nitrogen and oxygen atoms in total. The molecule has 0 aromatic heterocycles. The fourth-order valence-corrected chi connectivity index (χ4v) is 1.83. The average Bonchev–Trinajstić information content (AvgIpc) is 2.38. The SMILES string of the molecule is CCC(C)C(=O)CCCc1cccc(NC=O)c1. The van der Waals surface area contributed by atoms with Gasteiger partial charge in [-0.05, 0) is 37.0 Å². The Morgan fingerprint density at radius 3 is 2.89 bits per heavy atom. The van der Waals surface area contributed by atoms with Crippen LogP contribution in [-0.2, 0) is 16.0 Å². The number of nitrogens with one attached hydrogen (secondary N) is 1. The van der Waals surface area contributed by atoms with E-state index in [2.05, 4.69) is 5.32 Å². The van der Waals surface area contributed by atoms with Gasteiger partial charge in [-0.1, -0.05) is 26.0 Å². The van der Waals surface area contributed by atoms with Crippen LogP contribution in [0.1, 0.15) is 38.7 Å². The first-order valence-corrected chi connectivity index (χ1v) is 6.49. The maximum atomic E-state index is 11.7. The van der Waals surface area contributed by atoms with Crippen molar-refractivity contribution in [1.29, 1.82) is 0 Å². The summed E-state index contributed by atoms with van der Waals surface area (Å²) in [6.45, 7) is 4.02. The molecule has 0 saturated heterocycles. The maximum absolute atomic E-state index is 11.7. The molecule has 0 aliphatic carbocycles. The van der Waals surface area contributed by atoms with E-state index < -0.39 is 0 Å². The van der Waals surface area contributed by atoms with Crippen LogP contribution in [0.2, 0.25) is 0 Å². The summed E-state index contributed by atoms with van der Waals surface area (Å²) < 4.78 is 0. The highest BCUT2D eigenvalue weighted by Gasteiger charge is 2.09. The molecule has 0 aliphatic rings. The summed E-state index contributed by atoms with van der Waals surface area (Å²) in [5, 5.41) is 2.63. The summed E-state index contributed by atoms with van der Waals surface area (Å²) in [5.74, 6) is 0.521. The third kappa shape index (κ3) is 4.70. The van der Waals surface area contributed by atoms with E-state index in [0.29, 0.717) is 18.6 Å². The molecule has 0 spiro atoms. The highest BCUT2D eigenvalue weighted by molar-refractivity contribution is 5.80. The van der Waals surface area contributed by atoms with Crippen LogP contribution in [0.25, 0.3) is 0 Å². The summed E-state index contributed by atoms with van der Waals surface area (Å²) in [5.41, 5.74) is 1.95. The van der Waals surface area contributed by atoms with E-state index in [9.17, 15) is 9.59 Å². The highest BCUT2D eigenvalue weighted by atomic mass is 16.1. The van der Waals surface area contributed by atoms with Crippen LogP contribution < -0.4 is 5.32 Å². The van der Waals surface area contributed by atoms with E-state index in [-0.39, 0.29) is 5.92 Å². The minimum Gasteiger partial charge on any atom is -0.329 e. The molecule has 0 bridgehead atoms. The molecule has 18 heavy (non-hydrogen) atoms. The van der Waals surface area contributed by atoms with Gasteiger partial charge in [-0.2, -0.15) is 0 Å². The summed E-state index contributed by atoms with van der Waals surface area (Å²) in [7, 11) is 0. The number of Topliss-reactive ketones (excluding diaryl/α,β-unsaturated/α-hetero) is 1. The monoisotopic (exact) mass is 247 g/mol. The van der Waals surface area contributed by atoms with Gasteiger partial charge >= 0.3 is 0 Å². The van der Waals surface area contributed by atoms with Gasteiger partial charge in [0.05, 0.1) is 0 Å². The quantitative estimate of drug-likeness (QED) is 0.717. The number of benzene rings is 1. The Balaban J connectivity index is 2.41. The molecule has 0 radical (unpaired) electrons. The van der Waals surface area contributed by atoms with Gasteiger partial charge in [0.15, 0.2) is 0 Å². The Hall–Kier alpha value is -1.64. The van der Waals surface area contributed by atoms with Crippen LogP contribution in [0.4, 0.5) is 5.69 Å². The zero-order valence-corrected chi connectivity index (χ0v) is 11.1. The topological polar surface area (TPSA) is 46.2 Å². The molecule has 0 saturated carbocycles.